The van der Waals surface area contributed by atoms with Crippen molar-refractivity contribution in [1.82, 2.24) is 22.8 Å². The van der Waals surface area contributed by atoms with Gasteiger partial charge in [-0.2, -0.15) is 0 Å². The molecule has 29 rings (SSSR count). The average Bonchev–Trinajstić information content (AvgIpc) is 1.53. The van der Waals surface area contributed by atoms with Crippen molar-refractivity contribution in [1.29, 1.82) is 0 Å². The molecule has 0 N–H and O–H groups in total. The highest BCUT2D eigenvalue weighted by molar-refractivity contribution is 6.37. The van der Waals surface area contributed by atoms with Crippen LogP contribution in [-0.2, 0) is 0 Å². The molecule has 0 aliphatic heterocycles. The molecule has 0 atom stereocenters. The maximum absolute atomic E-state index is 2.47. The Hall–Kier alpha value is -17.4. The van der Waals surface area contributed by atoms with E-state index in [0.717, 1.165) is 0 Å². The van der Waals surface area contributed by atoms with Gasteiger partial charge in [-0.05, 0) is 252 Å². The standard InChI is InChI=1S/C31H21N.2C27H19N.2C23H17N/c1-20-19-28-29(25-16-8-5-13-22(20)25)30-26-17-9-6-14-23(26)24-15-7-10-18-27(24)31(30)32(28)21-11-3-2-4-12-21;1-18-15-16-24-25(17-18)28(19-9-3-2-4-10-19)27-23-14-8-6-12-21(23)20-11-5-7-13-22(20)26(24)27;1-18-17-25-27(23-14-8-7-12-21(18)23)26-22-13-6-5-9-19(22)15-16-24(26)28(25)20-10-3-2-4-11-20;1-16-11-12-20-21-14-17-7-5-6-8-18(17)15-23(21)24(22(20)13-16)19-9-3-2-4-10-19;1-16-11-13-20-21-14-12-17-7-5-6-10-19(17)23(21)24(22(20)15-16)18-8-3-2-4-9-18/h2-19H,1H3;2*2-17H,1H3;2*2-15H,1H3. The number of para-hydroxylation sites is 5. The zero-order chi connectivity index (χ0) is 90.8. The van der Waals surface area contributed by atoms with Crippen LogP contribution in [0.3, 0.4) is 0 Å². The summed E-state index contributed by atoms with van der Waals surface area (Å²) in [4.78, 5) is 0. The summed E-state index contributed by atoms with van der Waals surface area (Å²) in [5, 5.41) is 36.8. The van der Waals surface area contributed by atoms with Crippen molar-refractivity contribution in [2.45, 2.75) is 34.6 Å². The number of hydrogen-bond acceptors (Lipinski definition) is 0. The van der Waals surface area contributed by atoms with Crippen molar-refractivity contribution in [2.24, 2.45) is 0 Å². The summed E-state index contributed by atoms with van der Waals surface area (Å²) in [6, 6.07) is 171. The van der Waals surface area contributed by atoms with E-state index in [1.165, 1.54) is 262 Å². The van der Waals surface area contributed by atoms with E-state index in [1.807, 2.05) is 0 Å². The van der Waals surface area contributed by atoms with Gasteiger partial charge >= 0.3 is 0 Å². The Morgan fingerprint density at radius 2 is 0.397 bits per heavy atom. The third-order valence-corrected chi connectivity index (χ3v) is 28.2. The summed E-state index contributed by atoms with van der Waals surface area (Å²) in [7, 11) is 0. The van der Waals surface area contributed by atoms with Crippen molar-refractivity contribution in [3.05, 3.63) is 501 Å². The fourth-order valence-electron chi connectivity index (χ4n) is 22.3. The molecule has 0 bridgehead atoms. The first kappa shape index (κ1) is 80.7. The van der Waals surface area contributed by atoms with E-state index in [2.05, 4.69) is 531 Å². The summed E-state index contributed by atoms with van der Waals surface area (Å²) in [6.45, 7) is 10.9. The zero-order valence-corrected chi connectivity index (χ0v) is 76.3. The highest BCUT2D eigenvalue weighted by Gasteiger charge is 2.26. The van der Waals surface area contributed by atoms with Crippen LogP contribution < -0.4 is 0 Å². The third-order valence-electron chi connectivity index (χ3n) is 28.2. The van der Waals surface area contributed by atoms with E-state index in [0.29, 0.717) is 0 Å². The molecule has 24 aromatic carbocycles. The van der Waals surface area contributed by atoms with Gasteiger partial charge in [0.1, 0.15) is 0 Å². The van der Waals surface area contributed by atoms with Crippen LogP contribution in [0.25, 0.3) is 234 Å². The van der Waals surface area contributed by atoms with Gasteiger partial charge in [0.2, 0.25) is 0 Å². The molecule has 0 spiro atoms. The minimum absolute atomic E-state index is 1.20. The van der Waals surface area contributed by atoms with Gasteiger partial charge in [0.05, 0.1) is 55.2 Å². The molecule has 5 nitrogen and oxygen atoms in total. The minimum Gasteiger partial charge on any atom is -0.309 e. The first-order valence-electron chi connectivity index (χ1n) is 47.2. The van der Waals surface area contributed by atoms with Crippen molar-refractivity contribution in [3.8, 4) is 28.4 Å². The van der Waals surface area contributed by atoms with Crippen molar-refractivity contribution in [2.75, 3.05) is 0 Å². The monoisotopic (exact) mass is 1740 g/mol. The molecule has 5 heterocycles. The highest BCUT2D eigenvalue weighted by atomic mass is 15.0. The van der Waals surface area contributed by atoms with E-state index < -0.39 is 0 Å². The summed E-state index contributed by atoms with van der Waals surface area (Å²) in [5.74, 6) is 0. The molecule has 5 aromatic heterocycles. The summed E-state index contributed by atoms with van der Waals surface area (Å²) in [6.07, 6.45) is 0. The van der Waals surface area contributed by atoms with E-state index in [4.69, 9.17) is 0 Å². The van der Waals surface area contributed by atoms with Crippen LogP contribution in [0.2, 0.25) is 0 Å². The molecule has 0 fully saturated rings. The van der Waals surface area contributed by atoms with Gasteiger partial charge in [-0.25, -0.2) is 0 Å². The normalized spacial score (nSPS) is 11.7. The second-order valence-electron chi connectivity index (χ2n) is 36.4. The topological polar surface area (TPSA) is 24.6 Å². The van der Waals surface area contributed by atoms with E-state index in [9.17, 15) is 0 Å². The summed E-state index contributed by atoms with van der Waals surface area (Å²) < 4.78 is 12.1. The maximum atomic E-state index is 2.47. The lowest BCUT2D eigenvalue weighted by Crippen LogP contribution is -1.95. The quantitative estimate of drug-likeness (QED) is 0.153. The molecule has 0 aliphatic carbocycles. The molecule has 642 valence electrons. The Labute approximate surface area is 787 Å². The van der Waals surface area contributed by atoms with Gasteiger partial charge in [0.25, 0.3) is 0 Å². The van der Waals surface area contributed by atoms with Crippen LogP contribution in [0.5, 0.6) is 0 Å². The van der Waals surface area contributed by atoms with E-state index in [1.54, 1.807) is 0 Å². The van der Waals surface area contributed by atoms with Gasteiger partial charge < -0.3 is 22.8 Å². The van der Waals surface area contributed by atoms with Gasteiger partial charge in [-0.1, -0.05) is 364 Å². The molecule has 5 heteroatoms. The van der Waals surface area contributed by atoms with Gasteiger partial charge in [-0.15, -0.1) is 0 Å². The van der Waals surface area contributed by atoms with Gasteiger partial charge in [0, 0.05) is 98.5 Å². The smallest absolute Gasteiger partial charge is 0.0626 e. The number of fused-ring (bicyclic) bond motifs is 34. The van der Waals surface area contributed by atoms with Crippen LogP contribution in [0, 0.1) is 34.6 Å². The zero-order valence-electron chi connectivity index (χ0n) is 76.3. The van der Waals surface area contributed by atoms with Crippen LogP contribution in [0.15, 0.2) is 473 Å². The van der Waals surface area contributed by atoms with Crippen LogP contribution in [-0.4, -0.2) is 22.8 Å². The Morgan fingerprint density at radius 1 is 0.125 bits per heavy atom. The molecule has 0 amide bonds. The average molecular weight is 1740 g/mol. The Kier molecular flexibility index (Phi) is 19.7. The van der Waals surface area contributed by atoms with Crippen LogP contribution in [0.4, 0.5) is 0 Å². The molecule has 0 saturated carbocycles. The third kappa shape index (κ3) is 13.3. The molecule has 0 radical (unpaired) electrons. The number of hydrogen-bond donors (Lipinski definition) is 0. The number of aromatic nitrogens is 5. The predicted octanol–water partition coefficient (Wildman–Crippen LogP) is 35.8. The predicted molar refractivity (Wildman–Crippen MR) is 585 cm³/mol. The van der Waals surface area contributed by atoms with E-state index >= 15 is 0 Å². The number of benzene rings is 24. The largest absolute Gasteiger partial charge is 0.309 e. The molecular formula is C131H93N5. The molecule has 0 unspecified atom stereocenters. The molecule has 0 aliphatic rings. The molecule has 0 saturated heterocycles. The fraction of sp³-hybridized carbons (Fsp3) is 0.0382. The Balaban J connectivity index is 0.0000000909. The molecular weight excluding hydrogens is 1640 g/mol. The van der Waals surface area contributed by atoms with E-state index in [-0.39, 0.29) is 0 Å². The van der Waals surface area contributed by atoms with Gasteiger partial charge in [0.15, 0.2) is 0 Å². The Morgan fingerprint density at radius 3 is 0.882 bits per heavy atom. The summed E-state index contributed by atoms with van der Waals surface area (Å²) >= 11 is 0. The molecule has 136 heavy (non-hydrogen) atoms. The number of aryl methyl sites for hydroxylation is 5. The number of rotatable bonds is 5. The lowest BCUT2D eigenvalue weighted by molar-refractivity contribution is 1.18. The fourth-order valence-corrected chi connectivity index (χ4v) is 22.3. The second-order valence-corrected chi connectivity index (χ2v) is 36.4. The minimum atomic E-state index is 1.20. The Bertz CT molecular complexity index is 9820. The summed E-state index contributed by atoms with van der Waals surface area (Å²) in [5.41, 5.74) is 25.2. The van der Waals surface area contributed by atoms with Crippen molar-refractivity contribution < 1.29 is 0 Å². The van der Waals surface area contributed by atoms with Gasteiger partial charge in [-0.3, -0.25) is 0 Å². The first-order chi connectivity index (χ1) is 67.1. The van der Waals surface area contributed by atoms with Crippen molar-refractivity contribution in [3.63, 3.8) is 0 Å². The lowest BCUT2D eigenvalue weighted by Gasteiger charge is -2.12. The molecule has 29 aromatic rings. The number of nitrogens with zero attached hydrogens (tertiary/aromatic N) is 5. The van der Waals surface area contributed by atoms with Crippen LogP contribution >= 0.6 is 0 Å². The maximum Gasteiger partial charge on any atom is 0.0626 e. The lowest BCUT2D eigenvalue weighted by atomic mass is 9.94. The first-order valence-corrected chi connectivity index (χ1v) is 47.2. The highest BCUT2D eigenvalue weighted by Crippen LogP contribution is 2.49. The van der Waals surface area contributed by atoms with Crippen molar-refractivity contribution >= 4 is 206 Å². The van der Waals surface area contributed by atoms with Crippen LogP contribution in [0.1, 0.15) is 27.8 Å². The SMILES string of the molecule is Cc1cc2c(c3ccccc13)c1c3ccccc3c3ccccc3c1n2-c1ccccc1.Cc1cc2c(c3ccccc13)c1c3ccccc3ccc1n2-c1ccccc1.Cc1ccc2c3c4ccccc4c4ccccc4c3n(-c3ccccc3)c2c1.Cc1ccc2c3cc4ccccc4cc3n(-c3ccccc3)c2c1.Cc1ccc2c3ccc4ccccc4c3n(-c3ccccc3)c2c1. The second kappa shape index (κ2) is 33.2.